The van der Waals surface area contributed by atoms with Gasteiger partial charge in [-0.3, -0.25) is 14.7 Å². The summed E-state index contributed by atoms with van der Waals surface area (Å²) in [6, 6.07) is 11.6. The number of hydrogen-bond acceptors (Lipinski definition) is 5. The standard InChI is InChI=1S/C21H24N6O2/c1-14(28)26(2)16-9-10-27(13-16)21(29)15-7-8-20(22-11-15)23-12-19-17-5-3-4-6-18(17)24-25-19/h3-8,11,16H,9-10,12-13H2,1-2H3,(H,22,23)(H,24,25)/t16-/m0/s1. The normalized spacial score (nSPS) is 16.2. The number of anilines is 1. The number of carbonyl (C=O) groups excluding carboxylic acids is 2. The lowest BCUT2D eigenvalue weighted by atomic mass is 10.2. The van der Waals surface area contributed by atoms with E-state index >= 15 is 0 Å². The number of aromatic amines is 1. The van der Waals surface area contributed by atoms with Crippen LogP contribution in [0.4, 0.5) is 5.82 Å². The number of amides is 2. The molecule has 8 heteroatoms. The molecule has 0 spiro atoms. The van der Waals surface area contributed by atoms with E-state index in [4.69, 9.17) is 0 Å². The molecule has 2 N–H and O–H groups in total. The molecule has 4 rings (SSSR count). The third-order valence-corrected chi connectivity index (χ3v) is 5.49. The van der Waals surface area contributed by atoms with Crippen LogP contribution in [0.25, 0.3) is 10.9 Å². The summed E-state index contributed by atoms with van der Waals surface area (Å²) in [5.41, 5.74) is 2.46. The highest BCUT2D eigenvalue weighted by molar-refractivity contribution is 5.94. The van der Waals surface area contributed by atoms with Crippen LogP contribution in [0.2, 0.25) is 0 Å². The van der Waals surface area contributed by atoms with Crippen molar-refractivity contribution in [3.05, 3.63) is 53.9 Å². The van der Waals surface area contributed by atoms with Gasteiger partial charge < -0.3 is 15.1 Å². The summed E-state index contributed by atoms with van der Waals surface area (Å²) in [5.74, 6) is 0.658. The molecule has 1 aliphatic heterocycles. The molecule has 0 radical (unpaired) electrons. The first-order valence-corrected chi connectivity index (χ1v) is 9.67. The number of pyridine rings is 1. The van der Waals surface area contributed by atoms with Crippen molar-refractivity contribution in [2.45, 2.75) is 25.9 Å². The van der Waals surface area contributed by atoms with Gasteiger partial charge in [-0.1, -0.05) is 18.2 Å². The number of benzene rings is 1. The molecule has 1 fully saturated rings. The van der Waals surface area contributed by atoms with Crippen molar-refractivity contribution in [3.8, 4) is 0 Å². The maximum atomic E-state index is 12.7. The molecule has 2 amide bonds. The number of likely N-dealkylation sites (N-methyl/N-ethyl adjacent to an activating group) is 1. The fourth-order valence-corrected chi connectivity index (χ4v) is 3.63. The Morgan fingerprint density at radius 1 is 1.28 bits per heavy atom. The van der Waals surface area contributed by atoms with E-state index in [1.165, 1.54) is 0 Å². The lowest BCUT2D eigenvalue weighted by molar-refractivity contribution is -0.129. The number of hydrogen-bond donors (Lipinski definition) is 2. The Balaban J connectivity index is 1.36. The van der Waals surface area contributed by atoms with Crippen molar-refractivity contribution in [2.75, 3.05) is 25.5 Å². The van der Waals surface area contributed by atoms with Gasteiger partial charge in [-0.15, -0.1) is 0 Å². The molecule has 150 valence electrons. The summed E-state index contributed by atoms with van der Waals surface area (Å²) in [5, 5.41) is 11.7. The highest BCUT2D eigenvalue weighted by Crippen LogP contribution is 2.19. The topological polar surface area (TPSA) is 94.2 Å². The van der Waals surface area contributed by atoms with Crippen molar-refractivity contribution in [3.63, 3.8) is 0 Å². The quantitative estimate of drug-likeness (QED) is 0.695. The van der Waals surface area contributed by atoms with Crippen LogP contribution in [0, 0.1) is 0 Å². The third kappa shape index (κ3) is 3.91. The molecule has 8 nitrogen and oxygen atoms in total. The van der Waals surface area contributed by atoms with E-state index in [1.807, 2.05) is 24.3 Å². The molecule has 0 aliphatic carbocycles. The second-order valence-electron chi connectivity index (χ2n) is 7.33. The maximum Gasteiger partial charge on any atom is 0.255 e. The lowest BCUT2D eigenvalue weighted by Crippen LogP contribution is -2.38. The second kappa shape index (κ2) is 7.90. The number of rotatable bonds is 5. The monoisotopic (exact) mass is 392 g/mol. The Morgan fingerprint density at radius 2 is 2.10 bits per heavy atom. The van der Waals surface area contributed by atoms with E-state index in [2.05, 4.69) is 20.5 Å². The van der Waals surface area contributed by atoms with Crippen molar-refractivity contribution in [1.29, 1.82) is 0 Å². The zero-order valence-electron chi connectivity index (χ0n) is 16.6. The SMILES string of the molecule is CC(=O)N(C)[C@H]1CCN(C(=O)c2ccc(NCc3[nH]nc4ccccc34)nc2)C1. The summed E-state index contributed by atoms with van der Waals surface area (Å²) < 4.78 is 0. The van der Waals surface area contributed by atoms with Crippen molar-refractivity contribution in [2.24, 2.45) is 0 Å². The Kier molecular flexibility index (Phi) is 5.16. The van der Waals surface area contributed by atoms with Gasteiger partial charge in [0.1, 0.15) is 5.82 Å². The van der Waals surface area contributed by atoms with Gasteiger partial charge in [0, 0.05) is 38.6 Å². The molecule has 1 saturated heterocycles. The molecule has 0 unspecified atom stereocenters. The number of aromatic nitrogens is 3. The Bertz CT molecular complexity index is 1030. The molecular formula is C21H24N6O2. The highest BCUT2D eigenvalue weighted by atomic mass is 16.2. The number of likely N-dealkylation sites (tertiary alicyclic amines) is 1. The van der Waals surface area contributed by atoms with Gasteiger partial charge >= 0.3 is 0 Å². The van der Waals surface area contributed by atoms with E-state index in [0.717, 1.165) is 23.0 Å². The number of nitrogens with one attached hydrogen (secondary N) is 2. The summed E-state index contributed by atoms with van der Waals surface area (Å²) in [4.78, 5) is 32.1. The average molecular weight is 392 g/mol. The van der Waals surface area contributed by atoms with E-state index in [1.54, 1.807) is 42.1 Å². The first kappa shape index (κ1) is 18.9. The van der Waals surface area contributed by atoms with E-state index in [9.17, 15) is 9.59 Å². The third-order valence-electron chi connectivity index (χ3n) is 5.49. The van der Waals surface area contributed by atoms with Crippen molar-refractivity contribution < 1.29 is 9.59 Å². The molecule has 1 aliphatic rings. The van der Waals surface area contributed by atoms with E-state index in [-0.39, 0.29) is 17.9 Å². The van der Waals surface area contributed by atoms with Gasteiger partial charge in [0.2, 0.25) is 5.91 Å². The number of para-hydroxylation sites is 1. The van der Waals surface area contributed by atoms with Gasteiger partial charge in [-0.05, 0) is 24.6 Å². The molecule has 3 heterocycles. The Hall–Kier alpha value is -3.42. The van der Waals surface area contributed by atoms with Crippen LogP contribution in [0.15, 0.2) is 42.6 Å². The zero-order chi connectivity index (χ0) is 20.4. The molecule has 1 aromatic carbocycles. The van der Waals surface area contributed by atoms with E-state index in [0.29, 0.717) is 31.0 Å². The van der Waals surface area contributed by atoms with Crippen LogP contribution in [-0.4, -0.2) is 63.0 Å². The molecule has 1 atom stereocenters. The number of carbonyl (C=O) groups is 2. The second-order valence-corrected chi connectivity index (χ2v) is 7.33. The molecule has 3 aromatic rings. The fourth-order valence-electron chi connectivity index (χ4n) is 3.63. The minimum Gasteiger partial charge on any atom is -0.364 e. The molecule has 29 heavy (non-hydrogen) atoms. The van der Waals surface area contributed by atoms with Crippen LogP contribution in [-0.2, 0) is 11.3 Å². The summed E-state index contributed by atoms with van der Waals surface area (Å²) in [7, 11) is 1.78. The predicted octanol–water partition coefficient (Wildman–Crippen LogP) is 2.26. The number of H-pyrrole nitrogens is 1. The first-order valence-electron chi connectivity index (χ1n) is 9.67. The summed E-state index contributed by atoms with van der Waals surface area (Å²) in [6.07, 6.45) is 2.39. The molecule has 0 saturated carbocycles. The highest BCUT2D eigenvalue weighted by Gasteiger charge is 2.30. The largest absolute Gasteiger partial charge is 0.364 e. The van der Waals surface area contributed by atoms with Crippen LogP contribution >= 0.6 is 0 Å². The summed E-state index contributed by atoms with van der Waals surface area (Å²) in [6.45, 7) is 3.31. The van der Waals surface area contributed by atoms with Crippen LogP contribution < -0.4 is 5.32 Å². The van der Waals surface area contributed by atoms with Gasteiger partial charge in [-0.2, -0.15) is 5.10 Å². The van der Waals surface area contributed by atoms with Gasteiger partial charge in [-0.25, -0.2) is 4.98 Å². The van der Waals surface area contributed by atoms with Crippen LogP contribution in [0.3, 0.4) is 0 Å². The minimum absolute atomic E-state index is 0.0199. The average Bonchev–Trinajstić information content (AvgIpc) is 3.39. The maximum absolute atomic E-state index is 12.7. The van der Waals surface area contributed by atoms with Gasteiger partial charge in [0.05, 0.1) is 29.4 Å². The van der Waals surface area contributed by atoms with Crippen LogP contribution in [0.5, 0.6) is 0 Å². The smallest absolute Gasteiger partial charge is 0.255 e. The minimum atomic E-state index is -0.0527. The van der Waals surface area contributed by atoms with E-state index < -0.39 is 0 Å². The van der Waals surface area contributed by atoms with Crippen LogP contribution in [0.1, 0.15) is 29.4 Å². The van der Waals surface area contributed by atoms with Gasteiger partial charge in [0.25, 0.3) is 5.91 Å². The molecule has 0 bridgehead atoms. The number of nitrogens with zero attached hydrogens (tertiary/aromatic N) is 4. The molecule has 2 aromatic heterocycles. The predicted molar refractivity (Wildman–Crippen MR) is 110 cm³/mol. The first-order chi connectivity index (χ1) is 14.0. The Labute approximate surface area is 168 Å². The van der Waals surface area contributed by atoms with Crippen molar-refractivity contribution >= 4 is 28.5 Å². The van der Waals surface area contributed by atoms with Crippen molar-refractivity contribution in [1.82, 2.24) is 25.0 Å². The zero-order valence-corrected chi connectivity index (χ0v) is 16.6. The Morgan fingerprint density at radius 3 is 2.86 bits per heavy atom. The fraction of sp³-hybridized carbons (Fsp3) is 0.333. The lowest BCUT2D eigenvalue weighted by Gasteiger charge is -2.23. The number of fused-ring (bicyclic) bond motifs is 1. The summed E-state index contributed by atoms with van der Waals surface area (Å²) >= 11 is 0. The van der Waals surface area contributed by atoms with Gasteiger partial charge in [0.15, 0.2) is 0 Å². The molecular weight excluding hydrogens is 368 g/mol.